The van der Waals surface area contributed by atoms with Gasteiger partial charge in [0.05, 0.1) is 0 Å². The normalized spacial score (nSPS) is 10.8. The maximum Gasteiger partial charge on any atom is 0.239 e. The monoisotopic (exact) mass is 259 g/mol. The minimum Gasteiger partial charge on any atom is -0.355 e. The third kappa shape index (κ3) is 3.15. The van der Waals surface area contributed by atoms with Crippen LogP contribution >= 0.6 is 0 Å². The van der Waals surface area contributed by atoms with Crippen molar-refractivity contribution in [1.82, 2.24) is 15.2 Å². The lowest BCUT2D eigenvalue weighted by Gasteiger charge is -2.07. The molecule has 0 bridgehead atoms. The first-order valence-corrected chi connectivity index (χ1v) is 6.74. The van der Waals surface area contributed by atoms with Gasteiger partial charge in [0.25, 0.3) is 0 Å². The number of aromatic nitrogens is 1. The molecule has 0 spiro atoms. The molecule has 0 aliphatic rings. The van der Waals surface area contributed by atoms with Crippen LogP contribution in [0.25, 0.3) is 10.9 Å². The molecule has 2 N–H and O–H groups in total. The molecular formula is C15H21N3O. The number of amides is 1. The Hall–Kier alpha value is -1.81. The zero-order valence-electron chi connectivity index (χ0n) is 11.6. The minimum absolute atomic E-state index is 0.0679. The third-order valence-electron chi connectivity index (χ3n) is 3.16. The molecule has 0 aliphatic carbocycles. The van der Waals surface area contributed by atoms with Crippen LogP contribution in [0.2, 0.25) is 0 Å². The van der Waals surface area contributed by atoms with Gasteiger partial charge < -0.3 is 15.2 Å². The number of carbonyl (C=O) groups is 1. The molecule has 1 heterocycles. The molecule has 0 fully saturated rings. The summed E-state index contributed by atoms with van der Waals surface area (Å²) in [6.45, 7) is 4.01. The molecule has 1 aromatic heterocycles. The number of fused-ring (bicyclic) bond motifs is 1. The summed E-state index contributed by atoms with van der Waals surface area (Å²) in [5.41, 5.74) is 2.37. The van der Waals surface area contributed by atoms with Crippen LogP contribution in [0.4, 0.5) is 0 Å². The van der Waals surface area contributed by atoms with Crippen LogP contribution in [-0.2, 0) is 17.9 Å². The van der Waals surface area contributed by atoms with Gasteiger partial charge in [0, 0.05) is 30.2 Å². The largest absolute Gasteiger partial charge is 0.355 e. The average molecular weight is 259 g/mol. The molecule has 0 aliphatic heterocycles. The van der Waals surface area contributed by atoms with E-state index in [9.17, 15) is 4.79 Å². The van der Waals surface area contributed by atoms with Crippen LogP contribution in [0.3, 0.4) is 0 Å². The van der Waals surface area contributed by atoms with Crippen molar-refractivity contribution in [3.63, 3.8) is 0 Å². The Labute approximate surface area is 113 Å². The van der Waals surface area contributed by atoms with Crippen LogP contribution in [0.15, 0.2) is 30.5 Å². The van der Waals surface area contributed by atoms with Gasteiger partial charge in [-0.3, -0.25) is 4.79 Å². The predicted molar refractivity (Wildman–Crippen MR) is 78.0 cm³/mol. The van der Waals surface area contributed by atoms with Crippen LogP contribution in [0.1, 0.15) is 18.9 Å². The molecule has 4 nitrogen and oxygen atoms in total. The van der Waals surface area contributed by atoms with Crippen molar-refractivity contribution in [2.45, 2.75) is 26.4 Å². The summed E-state index contributed by atoms with van der Waals surface area (Å²) < 4.78 is 2.00. The fourth-order valence-electron chi connectivity index (χ4n) is 2.24. The minimum atomic E-state index is 0.0679. The number of rotatable bonds is 6. The summed E-state index contributed by atoms with van der Waals surface area (Å²) in [6, 6.07) is 8.28. The van der Waals surface area contributed by atoms with Gasteiger partial charge in [0.15, 0.2) is 0 Å². The fraction of sp³-hybridized carbons (Fsp3) is 0.400. The quantitative estimate of drug-likeness (QED) is 0.832. The molecule has 0 saturated carbocycles. The zero-order valence-corrected chi connectivity index (χ0v) is 11.6. The molecular weight excluding hydrogens is 238 g/mol. The summed E-state index contributed by atoms with van der Waals surface area (Å²) in [4.78, 5) is 11.8. The van der Waals surface area contributed by atoms with Crippen molar-refractivity contribution in [3.8, 4) is 0 Å². The number of benzene rings is 1. The first kappa shape index (κ1) is 13.6. The standard InChI is InChI=1S/C15H21N3O/c1-3-8-17-15(19)11-18-9-7-13-12(10-16-2)5-4-6-14(13)18/h4-7,9,16H,3,8,10-11H2,1-2H3,(H,17,19). The highest BCUT2D eigenvalue weighted by Gasteiger charge is 2.07. The topological polar surface area (TPSA) is 46.1 Å². The van der Waals surface area contributed by atoms with Gasteiger partial charge >= 0.3 is 0 Å². The molecule has 1 amide bonds. The number of nitrogens with zero attached hydrogens (tertiary/aromatic N) is 1. The first-order valence-electron chi connectivity index (χ1n) is 6.74. The molecule has 2 rings (SSSR count). The molecule has 0 saturated heterocycles. The Morgan fingerprint density at radius 1 is 1.32 bits per heavy atom. The molecule has 2 aromatic rings. The second-order valence-corrected chi connectivity index (χ2v) is 4.67. The van der Waals surface area contributed by atoms with E-state index in [0.29, 0.717) is 6.54 Å². The summed E-state index contributed by atoms with van der Waals surface area (Å²) in [6.07, 6.45) is 2.94. The van der Waals surface area contributed by atoms with E-state index in [1.165, 1.54) is 10.9 Å². The molecule has 0 unspecified atom stereocenters. The van der Waals surface area contributed by atoms with Crippen LogP contribution < -0.4 is 10.6 Å². The number of carbonyl (C=O) groups excluding carboxylic acids is 1. The van der Waals surface area contributed by atoms with E-state index in [2.05, 4.69) is 35.8 Å². The van der Waals surface area contributed by atoms with E-state index < -0.39 is 0 Å². The summed E-state index contributed by atoms with van der Waals surface area (Å²) in [5.74, 6) is 0.0679. The third-order valence-corrected chi connectivity index (χ3v) is 3.16. The predicted octanol–water partition coefficient (Wildman–Crippen LogP) is 1.89. The van der Waals surface area contributed by atoms with Gasteiger partial charge in [-0.2, -0.15) is 0 Å². The van der Waals surface area contributed by atoms with Crippen molar-refractivity contribution in [1.29, 1.82) is 0 Å². The number of nitrogens with one attached hydrogen (secondary N) is 2. The maximum atomic E-state index is 11.8. The van der Waals surface area contributed by atoms with Crippen molar-refractivity contribution < 1.29 is 4.79 Å². The fourth-order valence-corrected chi connectivity index (χ4v) is 2.24. The van der Waals surface area contributed by atoms with Gasteiger partial charge in [0.2, 0.25) is 5.91 Å². The lowest BCUT2D eigenvalue weighted by Crippen LogP contribution is -2.27. The zero-order chi connectivity index (χ0) is 13.7. The highest BCUT2D eigenvalue weighted by molar-refractivity contribution is 5.85. The Bertz CT molecular complexity index is 560. The van der Waals surface area contributed by atoms with E-state index in [1.54, 1.807) is 0 Å². The Morgan fingerprint density at radius 3 is 2.89 bits per heavy atom. The van der Waals surface area contributed by atoms with Crippen LogP contribution in [0.5, 0.6) is 0 Å². The van der Waals surface area contributed by atoms with Crippen molar-refractivity contribution in [3.05, 3.63) is 36.0 Å². The summed E-state index contributed by atoms with van der Waals surface area (Å²) >= 11 is 0. The number of hydrogen-bond donors (Lipinski definition) is 2. The highest BCUT2D eigenvalue weighted by atomic mass is 16.1. The van der Waals surface area contributed by atoms with E-state index in [-0.39, 0.29) is 5.91 Å². The van der Waals surface area contributed by atoms with E-state index in [0.717, 1.165) is 25.0 Å². The summed E-state index contributed by atoms with van der Waals surface area (Å²) in [7, 11) is 1.94. The first-order chi connectivity index (χ1) is 9.26. The van der Waals surface area contributed by atoms with Gasteiger partial charge in [-0.25, -0.2) is 0 Å². The lowest BCUT2D eigenvalue weighted by atomic mass is 10.1. The molecule has 4 heteroatoms. The van der Waals surface area contributed by atoms with Crippen molar-refractivity contribution >= 4 is 16.8 Å². The lowest BCUT2D eigenvalue weighted by molar-refractivity contribution is -0.121. The SMILES string of the molecule is CCCNC(=O)Cn1ccc2c(CNC)cccc21. The molecule has 1 aromatic carbocycles. The van der Waals surface area contributed by atoms with Crippen LogP contribution in [0, 0.1) is 0 Å². The molecule has 102 valence electrons. The Morgan fingerprint density at radius 2 is 2.16 bits per heavy atom. The van der Waals surface area contributed by atoms with Crippen molar-refractivity contribution in [2.75, 3.05) is 13.6 Å². The van der Waals surface area contributed by atoms with Crippen molar-refractivity contribution in [2.24, 2.45) is 0 Å². The number of hydrogen-bond acceptors (Lipinski definition) is 2. The van der Waals surface area contributed by atoms with Gasteiger partial charge in [-0.05, 0) is 31.2 Å². The van der Waals surface area contributed by atoms with E-state index in [4.69, 9.17) is 0 Å². The van der Waals surface area contributed by atoms with Gasteiger partial charge in [-0.15, -0.1) is 0 Å². The van der Waals surface area contributed by atoms with Crippen LogP contribution in [-0.4, -0.2) is 24.1 Å². The maximum absolute atomic E-state index is 11.8. The Balaban J connectivity index is 2.20. The Kier molecular flexibility index (Phi) is 4.58. The highest BCUT2D eigenvalue weighted by Crippen LogP contribution is 2.20. The molecule has 0 radical (unpaired) electrons. The average Bonchev–Trinajstić information content (AvgIpc) is 2.81. The van der Waals surface area contributed by atoms with Gasteiger partial charge in [-0.1, -0.05) is 19.1 Å². The van der Waals surface area contributed by atoms with E-state index >= 15 is 0 Å². The molecule has 0 atom stereocenters. The second-order valence-electron chi connectivity index (χ2n) is 4.67. The summed E-state index contributed by atoms with van der Waals surface area (Å²) in [5, 5.41) is 7.28. The van der Waals surface area contributed by atoms with Gasteiger partial charge in [0.1, 0.15) is 6.54 Å². The smallest absolute Gasteiger partial charge is 0.239 e. The second kappa shape index (κ2) is 6.38. The molecule has 19 heavy (non-hydrogen) atoms. The van der Waals surface area contributed by atoms with E-state index in [1.807, 2.05) is 23.9 Å².